The molecule has 0 N–H and O–H groups in total. The molecule has 2 aliphatic rings. The first-order chi connectivity index (χ1) is 27.3. The van der Waals surface area contributed by atoms with Crippen molar-refractivity contribution in [1.82, 2.24) is 14.5 Å². The summed E-state index contributed by atoms with van der Waals surface area (Å²) in [7, 11) is 0. The van der Waals surface area contributed by atoms with E-state index in [2.05, 4.69) is 187 Å². The molecule has 8 aromatic carbocycles. The highest BCUT2D eigenvalue weighted by Gasteiger charge is 2.50. The van der Waals surface area contributed by atoms with E-state index in [0.29, 0.717) is 5.82 Å². The maximum absolute atomic E-state index is 5.40. The Morgan fingerprint density at radius 3 is 1.87 bits per heavy atom. The molecule has 0 atom stereocenters. The van der Waals surface area contributed by atoms with Gasteiger partial charge in [0.2, 0.25) is 0 Å². The number of aromatic nitrogens is 3. The summed E-state index contributed by atoms with van der Waals surface area (Å²) in [6.45, 7) is 0. The van der Waals surface area contributed by atoms with Crippen molar-refractivity contribution in [3.8, 4) is 39.6 Å². The van der Waals surface area contributed by atoms with Crippen LogP contribution in [0.2, 0.25) is 0 Å². The molecule has 1 aliphatic carbocycles. The van der Waals surface area contributed by atoms with Crippen molar-refractivity contribution in [2.45, 2.75) is 15.2 Å². The van der Waals surface area contributed by atoms with E-state index in [1.54, 1.807) is 0 Å². The van der Waals surface area contributed by atoms with Gasteiger partial charge in [-0.15, -0.1) is 0 Å². The van der Waals surface area contributed by atoms with Crippen LogP contribution in [0.5, 0.6) is 0 Å². The topological polar surface area (TPSA) is 30.7 Å². The minimum absolute atomic E-state index is 0.459. The standard InChI is InChI=1S/C51H31N3S/c1-3-16-33(17-4-1)43-31-46(53-50(52-43)34-18-5-2-6-19-34)54-44-30-29-42-49(47(44)38-28-27-32-15-7-8-20-35(32)48(38)54)55-45-26-14-13-25-41(45)51(42)39-23-11-9-21-36(39)37-22-10-12-24-40(37)51/h1-31H. The van der Waals surface area contributed by atoms with Crippen LogP contribution in [-0.4, -0.2) is 14.5 Å². The fourth-order valence-electron chi connectivity index (χ4n) is 9.43. The third kappa shape index (κ3) is 4.23. The van der Waals surface area contributed by atoms with Gasteiger partial charge in [-0.1, -0.05) is 182 Å². The van der Waals surface area contributed by atoms with Gasteiger partial charge in [-0.25, -0.2) is 9.97 Å². The molecule has 0 saturated carbocycles. The van der Waals surface area contributed by atoms with Gasteiger partial charge in [-0.2, -0.15) is 0 Å². The van der Waals surface area contributed by atoms with E-state index in [1.807, 2.05) is 17.8 Å². The molecule has 3 nitrogen and oxygen atoms in total. The van der Waals surface area contributed by atoms with Crippen molar-refractivity contribution < 1.29 is 0 Å². The van der Waals surface area contributed by atoms with Crippen LogP contribution in [-0.2, 0) is 5.41 Å². The molecule has 55 heavy (non-hydrogen) atoms. The van der Waals surface area contributed by atoms with E-state index in [4.69, 9.17) is 9.97 Å². The Labute approximate surface area is 322 Å². The lowest BCUT2D eigenvalue weighted by molar-refractivity contribution is 0.726. The van der Waals surface area contributed by atoms with Gasteiger partial charge >= 0.3 is 0 Å². The average molecular weight is 718 g/mol. The van der Waals surface area contributed by atoms with Crippen molar-refractivity contribution in [3.05, 3.63) is 210 Å². The Morgan fingerprint density at radius 1 is 0.473 bits per heavy atom. The van der Waals surface area contributed by atoms with Crippen LogP contribution in [0, 0.1) is 0 Å². The third-order valence-corrected chi connectivity index (χ3v) is 12.9. The summed E-state index contributed by atoms with van der Waals surface area (Å²) in [5.41, 5.74) is 12.7. The van der Waals surface area contributed by atoms with Crippen molar-refractivity contribution in [2.24, 2.45) is 0 Å². The number of fused-ring (bicyclic) bond motifs is 15. The Bertz CT molecular complexity index is 3080. The van der Waals surface area contributed by atoms with Gasteiger partial charge in [0.1, 0.15) is 5.82 Å². The lowest BCUT2D eigenvalue weighted by atomic mass is 9.67. The van der Waals surface area contributed by atoms with Crippen LogP contribution in [0.1, 0.15) is 22.3 Å². The average Bonchev–Trinajstić information content (AvgIpc) is 3.76. The second-order valence-corrected chi connectivity index (χ2v) is 15.5. The fourth-order valence-corrected chi connectivity index (χ4v) is 10.8. The van der Waals surface area contributed by atoms with Crippen LogP contribution in [0.15, 0.2) is 198 Å². The molecule has 0 amide bonds. The monoisotopic (exact) mass is 717 g/mol. The highest BCUT2D eigenvalue weighted by molar-refractivity contribution is 7.99. The Morgan fingerprint density at radius 2 is 1.11 bits per heavy atom. The zero-order valence-electron chi connectivity index (χ0n) is 29.6. The molecule has 10 aromatic rings. The molecule has 0 unspecified atom stereocenters. The quantitative estimate of drug-likeness (QED) is 0.182. The summed E-state index contributed by atoms with van der Waals surface area (Å²) in [6, 6.07) is 68.2. The molecular weight excluding hydrogens is 687 g/mol. The van der Waals surface area contributed by atoms with Gasteiger partial charge in [-0.05, 0) is 50.9 Å². The molecule has 12 rings (SSSR count). The molecule has 0 radical (unpaired) electrons. The minimum Gasteiger partial charge on any atom is -0.293 e. The van der Waals surface area contributed by atoms with Crippen molar-refractivity contribution in [3.63, 3.8) is 0 Å². The first-order valence-electron chi connectivity index (χ1n) is 18.8. The molecule has 2 aromatic heterocycles. The first-order valence-corrected chi connectivity index (χ1v) is 19.6. The molecule has 256 valence electrons. The normalized spacial score (nSPS) is 13.5. The second-order valence-electron chi connectivity index (χ2n) is 14.5. The van der Waals surface area contributed by atoms with Crippen molar-refractivity contribution in [1.29, 1.82) is 0 Å². The Hall–Kier alpha value is -6.75. The number of nitrogens with zero attached hydrogens (tertiary/aromatic N) is 3. The molecule has 0 fully saturated rings. The summed E-state index contributed by atoms with van der Waals surface area (Å²) >= 11 is 1.90. The summed E-state index contributed by atoms with van der Waals surface area (Å²) < 4.78 is 2.40. The lowest BCUT2D eigenvalue weighted by Gasteiger charge is -2.40. The maximum atomic E-state index is 5.40. The predicted molar refractivity (Wildman–Crippen MR) is 226 cm³/mol. The van der Waals surface area contributed by atoms with Gasteiger partial charge in [-0.3, -0.25) is 4.57 Å². The molecular formula is C51H31N3S. The number of benzene rings is 8. The predicted octanol–water partition coefficient (Wildman–Crippen LogP) is 12.9. The van der Waals surface area contributed by atoms with Gasteiger partial charge in [0.05, 0.1) is 22.1 Å². The first kappa shape index (κ1) is 30.7. The smallest absolute Gasteiger partial charge is 0.162 e. The summed E-state index contributed by atoms with van der Waals surface area (Å²) in [4.78, 5) is 13.1. The fraction of sp³-hybridized carbons (Fsp3) is 0.0196. The number of rotatable bonds is 3. The Balaban J connectivity index is 1.24. The third-order valence-electron chi connectivity index (χ3n) is 11.7. The lowest BCUT2D eigenvalue weighted by Crippen LogP contribution is -2.32. The summed E-state index contributed by atoms with van der Waals surface area (Å²) in [6.07, 6.45) is 0. The molecule has 1 aliphatic heterocycles. The van der Waals surface area contributed by atoms with Crippen LogP contribution in [0.4, 0.5) is 0 Å². The van der Waals surface area contributed by atoms with Gasteiger partial charge in [0, 0.05) is 43.1 Å². The zero-order chi connectivity index (χ0) is 36.1. The van der Waals surface area contributed by atoms with E-state index in [0.717, 1.165) is 33.7 Å². The van der Waals surface area contributed by atoms with E-state index in [-0.39, 0.29) is 0 Å². The second kappa shape index (κ2) is 11.6. The van der Waals surface area contributed by atoms with Crippen LogP contribution >= 0.6 is 11.8 Å². The molecule has 4 heteroatoms. The van der Waals surface area contributed by atoms with E-state index in [9.17, 15) is 0 Å². The van der Waals surface area contributed by atoms with E-state index < -0.39 is 5.41 Å². The molecule has 0 saturated heterocycles. The molecule has 1 spiro atoms. The van der Waals surface area contributed by atoms with E-state index >= 15 is 0 Å². The van der Waals surface area contributed by atoms with E-state index in [1.165, 1.54) is 64.7 Å². The minimum atomic E-state index is -0.459. The zero-order valence-corrected chi connectivity index (χ0v) is 30.5. The van der Waals surface area contributed by atoms with Gasteiger partial charge < -0.3 is 0 Å². The van der Waals surface area contributed by atoms with Crippen LogP contribution < -0.4 is 0 Å². The highest BCUT2D eigenvalue weighted by atomic mass is 32.2. The van der Waals surface area contributed by atoms with Crippen LogP contribution in [0.25, 0.3) is 72.2 Å². The Kier molecular flexibility index (Phi) is 6.48. The van der Waals surface area contributed by atoms with Gasteiger partial charge in [0.15, 0.2) is 5.82 Å². The maximum Gasteiger partial charge on any atom is 0.162 e. The summed E-state index contributed by atoms with van der Waals surface area (Å²) in [5, 5.41) is 4.86. The van der Waals surface area contributed by atoms with Crippen molar-refractivity contribution >= 4 is 44.3 Å². The SMILES string of the molecule is c1ccc(-c2cc(-n3c4ccc5c(c4c4ccc6ccccc6c43)Sc3ccccc3C53c4ccccc4-c4ccccc43)nc(-c3ccccc3)n2)cc1. The molecule has 3 heterocycles. The number of hydrogen-bond acceptors (Lipinski definition) is 3. The summed E-state index contributed by atoms with van der Waals surface area (Å²) in [5.74, 6) is 1.54. The number of hydrogen-bond donors (Lipinski definition) is 0. The van der Waals surface area contributed by atoms with Crippen LogP contribution in [0.3, 0.4) is 0 Å². The highest BCUT2D eigenvalue weighted by Crippen LogP contribution is 2.63. The molecule has 0 bridgehead atoms. The van der Waals surface area contributed by atoms with Gasteiger partial charge in [0.25, 0.3) is 0 Å². The largest absolute Gasteiger partial charge is 0.293 e. The van der Waals surface area contributed by atoms with Crippen molar-refractivity contribution in [2.75, 3.05) is 0 Å².